The SMILES string of the molecule is Bc1ccc2sc(CCN)cc2c1. The summed E-state index contributed by atoms with van der Waals surface area (Å²) in [5.41, 5.74) is 6.84. The van der Waals surface area contributed by atoms with E-state index < -0.39 is 0 Å². The molecule has 2 aromatic rings. The van der Waals surface area contributed by atoms with Crippen molar-refractivity contribution in [3.8, 4) is 0 Å². The van der Waals surface area contributed by atoms with Gasteiger partial charge in [0.2, 0.25) is 0 Å². The highest BCUT2D eigenvalue weighted by Crippen LogP contribution is 2.24. The van der Waals surface area contributed by atoms with Crippen LogP contribution in [0, 0.1) is 0 Å². The van der Waals surface area contributed by atoms with Crippen molar-refractivity contribution in [2.24, 2.45) is 5.73 Å². The zero-order chi connectivity index (χ0) is 9.26. The van der Waals surface area contributed by atoms with E-state index in [-0.39, 0.29) is 0 Å². The molecule has 0 unspecified atom stereocenters. The van der Waals surface area contributed by atoms with E-state index in [0.717, 1.165) is 13.0 Å². The smallest absolute Gasteiger partial charge is 0.139 e. The third-order valence-electron chi connectivity index (χ3n) is 2.11. The molecule has 0 radical (unpaired) electrons. The Hall–Kier alpha value is -0.795. The number of thiophene rings is 1. The number of hydrogen-bond donors (Lipinski definition) is 1. The van der Waals surface area contributed by atoms with Gasteiger partial charge in [-0.3, -0.25) is 0 Å². The molecule has 0 spiro atoms. The predicted molar refractivity (Wildman–Crippen MR) is 62.8 cm³/mol. The van der Waals surface area contributed by atoms with Crippen LogP contribution < -0.4 is 11.2 Å². The molecule has 1 heterocycles. The lowest BCUT2D eigenvalue weighted by Crippen LogP contribution is -2.00. The quantitative estimate of drug-likeness (QED) is 0.690. The van der Waals surface area contributed by atoms with Crippen LogP contribution in [0.15, 0.2) is 24.3 Å². The van der Waals surface area contributed by atoms with Gasteiger partial charge in [-0.1, -0.05) is 17.6 Å². The largest absolute Gasteiger partial charge is 0.330 e. The predicted octanol–water partition coefficient (Wildman–Crippen LogP) is 0.661. The number of hydrogen-bond acceptors (Lipinski definition) is 2. The molecule has 2 N–H and O–H groups in total. The van der Waals surface area contributed by atoms with Crippen molar-refractivity contribution in [3.63, 3.8) is 0 Å². The van der Waals surface area contributed by atoms with E-state index in [4.69, 9.17) is 5.73 Å². The molecule has 0 amide bonds. The van der Waals surface area contributed by atoms with Crippen molar-refractivity contribution in [1.29, 1.82) is 0 Å². The van der Waals surface area contributed by atoms with Crippen LogP contribution in [0.4, 0.5) is 0 Å². The summed E-state index contributed by atoms with van der Waals surface area (Å²) in [4.78, 5) is 1.39. The normalized spacial score (nSPS) is 10.8. The Morgan fingerprint density at radius 2 is 2.15 bits per heavy atom. The van der Waals surface area contributed by atoms with Gasteiger partial charge < -0.3 is 5.73 Å². The van der Waals surface area contributed by atoms with Gasteiger partial charge in [0.25, 0.3) is 0 Å². The van der Waals surface area contributed by atoms with Crippen molar-refractivity contribution in [3.05, 3.63) is 29.1 Å². The van der Waals surface area contributed by atoms with Crippen LogP contribution in [0.3, 0.4) is 0 Å². The van der Waals surface area contributed by atoms with Crippen molar-refractivity contribution >= 4 is 34.7 Å². The fraction of sp³-hybridized carbons (Fsp3) is 0.200. The number of fused-ring (bicyclic) bond motifs is 1. The second-order valence-corrected chi connectivity index (χ2v) is 4.46. The van der Waals surface area contributed by atoms with Gasteiger partial charge in [0.15, 0.2) is 0 Å². The molecule has 0 atom stereocenters. The Kier molecular flexibility index (Phi) is 2.38. The van der Waals surface area contributed by atoms with Crippen LogP contribution in [-0.4, -0.2) is 14.4 Å². The van der Waals surface area contributed by atoms with Gasteiger partial charge in [-0.25, -0.2) is 0 Å². The first-order valence-corrected chi connectivity index (χ1v) is 5.30. The summed E-state index contributed by atoms with van der Waals surface area (Å²) in [6, 6.07) is 8.83. The molecular weight excluding hydrogens is 177 g/mol. The Bertz CT molecular complexity index is 422. The molecule has 0 fully saturated rings. The summed E-state index contributed by atoms with van der Waals surface area (Å²) >= 11 is 1.85. The maximum absolute atomic E-state index is 5.52. The average molecular weight is 189 g/mol. The van der Waals surface area contributed by atoms with Gasteiger partial charge in [-0.15, -0.1) is 11.3 Å². The summed E-state index contributed by atoms with van der Waals surface area (Å²) < 4.78 is 1.37. The minimum Gasteiger partial charge on any atom is -0.330 e. The molecule has 1 nitrogen and oxygen atoms in total. The Morgan fingerprint density at radius 1 is 1.31 bits per heavy atom. The molecule has 1 aromatic carbocycles. The molecule has 0 aliphatic carbocycles. The van der Waals surface area contributed by atoms with Crippen molar-refractivity contribution in [1.82, 2.24) is 0 Å². The monoisotopic (exact) mass is 189 g/mol. The summed E-state index contributed by atoms with van der Waals surface area (Å²) in [6.45, 7) is 0.742. The topological polar surface area (TPSA) is 26.0 Å². The minimum absolute atomic E-state index is 0.742. The minimum atomic E-state index is 0.742. The molecule has 0 saturated heterocycles. The molecule has 0 aliphatic rings. The number of rotatable bonds is 2. The van der Waals surface area contributed by atoms with E-state index in [1.165, 1.54) is 20.4 Å². The van der Waals surface area contributed by atoms with Gasteiger partial charge in [0.1, 0.15) is 7.85 Å². The van der Waals surface area contributed by atoms with Crippen LogP contribution in [-0.2, 0) is 6.42 Å². The van der Waals surface area contributed by atoms with Crippen LogP contribution in [0.1, 0.15) is 4.88 Å². The van der Waals surface area contributed by atoms with Gasteiger partial charge in [0.05, 0.1) is 0 Å². The average Bonchev–Trinajstić information content (AvgIpc) is 2.46. The third-order valence-corrected chi connectivity index (χ3v) is 3.29. The molecule has 13 heavy (non-hydrogen) atoms. The van der Waals surface area contributed by atoms with E-state index in [2.05, 4.69) is 32.1 Å². The van der Waals surface area contributed by atoms with E-state index >= 15 is 0 Å². The number of nitrogens with two attached hydrogens (primary N) is 1. The lowest BCUT2D eigenvalue weighted by Gasteiger charge is -1.90. The summed E-state index contributed by atoms with van der Waals surface area (Å²) in [5, 5.41) is 1.36. The highest BCUT2D eigenvalue weighted by atomic mass is 32.1. The van der Waals surface area contributed by atoms with E-state index in [0.29, 0.717) is 0 Å². The van der Waals surface area contributed by atoms with E-state index in [1.54, 1.807) is 0 Å². The second-order valence-electron chi connectivity index (χ2n) is 3.29. The molecule has 0 bridgehead atoms. The summed E-state index contributed by atoms with van der Waals surface area (Å²) in [6.07, 6.45) is 0.998. The Balaban J connectivity index is 2.49. The highest BCUT2D eigenvalue weighted by molar-refractivity contribution is 7.19. The van der Waals surface area contributed by atoms with E-state index in [1.807, 2.05) is 11.3 Å². The second kappa shape index (κ2) is 3.52. The zero-order valence-electron chi connectivity index (χ0n) is 7.71. The first-order valence-electron chi connectivity index (χ1n) is 4.49. The maximum atomic E-state index is 5.52. The molecule has 0 aliphatic heterocycles. The van der Waals surface area contributed by atoms with Crippen molar-refractivity contribution < 1.29 is 0 Å². The molecule has 0 saturated carbocycles. The molecule has 3 heteroatoms. The molecule has 2 rings (SSSR count). The summed E-state index contributed by atoms with van der Waals surface area (Å²) in [5.74, 6) is 0. The molecule has 1 aromatic heterocycles. The van der Waals surface area contributed by atoms with Crippen LogP contribution in [0.2, 0.25) is 0 Å². The van der Waals surface area contributed by atoms with Gasteiger partial charge in [-0.05, 0) is 30.5 Å². The standard InChI is InChI=1S/C10H12BNS/c11-8-1-2-10-7(5-8)6-9(13-10)3-4-12/h1-2,5-6H,3-4,11-12H2. The fourth-order valence-corrected chi connectivity index (χ4v) is 2.54. The van der Waals surface area contributed by atoms with Crippen molar-refractivity contribution in [2.75, 3.05) is 6.54 Å². The van der Waals surface area contributed by atoms with Gasteiger partial charge in [-0.2, -0.15) is 0 Å². The zero-order valence-corrected chi connectivity index (χ0v) is 8.53. The van der Waals surface area contributed by atoms with Crippen LogP contribution in [0.25, 0.3) is 10.1 Å². The summed E-state index contributed by atoms with van der Waals surface area (Å²) in [7, 11) is 2.12. The molecular formula is C10H12BNS. The van der Waals surface area contributed by atoms with Gasteiger partial charge >= 0.3 is 0 Å². The lowest BCUT2D eigenvalue weighted by molar-refractivity contribution is 0.989. The van der Waals surface area contributed by atoms with Gasteiger partial charge in [0, 0.05) is 9.58 Å². The third kappa shape index (κ3) is 1.76. The van der Waals surface area contributed by atoms with Crippen LogP contribution >= 0.6 is 11.3 Å². The first kappa shape index (κ1) is 8.79. The fourth-order valence-electron chi connectivity index (χ4n) is 1.48. The maximum Gasteiger partial charge on any atom is 0.139 e. The first-order chi connectivity index (χ1) is 6.29. The van der Waals surface area contributed by atoms with Crippen molar-refractivity contribution in [2.45, 2.75) is 6.42 Å². The van der Waals surface area contributed by atoms with Crippen LogP contribution in [0.5, 0.6) is 0 Å². The highest BCUT2D eigenvalue weighted by Gasteiger charge is 2.00. The molecule has 66 valence electrons. The number of benzene rings is 1. The Morgan fingerprint density at radius 3 is 2.92 bits per heavy atom. The Labute approximate surface area is 83.0 Å². The lowest BCUT2D eigenvalue weighted by atomic mass is 9.95. The van der Waals surface area contributed by atoms with E-state index in [9.17, 15) is 0 Å².